The normalized spacial score (nSPS) is 13.2. The summed E-state index contributed by atoms with van der Waals surface area (Å²) in [7, 11) is 1.64. The Morgan fingerprint density at radius 2 is 1.97 bits per heavy atom. The maximum Gasteiger partial charge on any atom is 0.417 e. The molecule has 0 aliphatic heterocycles. The predicted molar refractivity (Wildman–Crippen MR) is 126 cm³/mol. The van der Waals surface area contributed by atoms with E-state index in [1.807, 2.05) is 13.0 Å². The molecule has 0 aliphatic rings. The van der Waals surface area contributed by atoms with Gasteiger partial charge in [0.1, 0.15) is 22.0 Å². The second kappa shape index (κ2) is 9.09. The fourth-order valence-electron chi connectivity index (χ4n) is 3.65. The highest BCUT2D eigenvalue weighted by Gasteiger charge is 2.33. The number of esters is 1. The minimum Gasteiger partial charge on any atom is -0.459 e. The molecule has 1 atom stereocenters. The molecule has 13 heteroatoms. The van der Waals surface area contributed by atoms with Crippen LogP contribution in [0, 0.1) is 11.3 Å². The quantitative estimate of drug-likeness (QED) is 0.275. The number of imidazole rings is 1. The largest absolute Gasteiger partial charge is 0.459 e. The average molecular weight is 518 g/mol. The number of nitrogens with zero attached hydrogens (tertiary/aromatic N) is 7. The highest BCUT2D eigenvalue weighted by Crippen LogP contribution is 2.37. The molecule has 36 heavy (non-hydrogen) atoms. The van der Waals surface area contributed by atoms with Crippen molar-refractivity contribution in [1.29, 1.82) is 5.26 Å². The summed E-state index contributed by atoms with van der Waals surface area (Å²) < 4.78 is 48.0. The van der Waals surface area contributed by atoms with Crippen molar-refractivity contribution in [2.75, 3.05) is 5.75 Å². The first-order valence-corrected chi connectivity index (χ1v) is 11.9. The molecule has 0 N–H and O–H groups in total. The maximum absolute atomic E-state index is 13.2. The number of thioether (sulfide) groups is 1. The lowest BCUT2D eigenvalue weighted by Gasteiger charge is -2.21. The Labute approximate surface area is 208 Å². The lowest BCUT2D eigenvalue weighted by molar-refractivity contribution is -0.155. The Morgan fingerprint density at radius 3 is 2.58 bits per heavy atom. The number of aromatic nitrogens is 6. The summed E-state index contributed by atoms with van der Waals surface area (Å²) in [5.41, 5.74) is -0.389. The van der Waals surface area contributed by atoms with Gasteiger partial charge in [-0.1, -0.05) is 6.92 Å². The zero-order chi connectivity index (χ0) is 26.4. The van der Waals surface area contributed by atoms with Gasteiger partial charge in [0.25, 0.3) is 0 Å². The standard InChI is InChI=1S/C23H22F3N7O2S/c1-6-36-20-16(19-30-14-9-12(23(24,25)26)11-29-17(14)32(19)5)18-28-8-7-15(33(18)31-20)13(10-27)21(34)35-22(2,3)4/h7-9,11,13H,6H2,1-5H3. The van der Waals surface area contributed by atoms with Gasteiger partial charge in [0.15, 0.2) is 17.2 Å². The molecule has 4 aromatic heterocycles. The number of halogens is 3. The van der Waals surface area contributed by atoms with E-state index in [0.29, 0.717) is 27.8 Å². The lowest BCUT2D eigenvalue weighted by atomic mass is 10.1. The number of carbonyl (C=O) groups excluding carboxylic acids is 1. The van der Waals surface area contributed by atoms with E-state index in [9.17, 15) is 23.2 Å². The Kier molecular flexibility index (Phi) is 6.42. The van der Waals surface area contributed by atoms with Crippen LogP contribution >= 0.6 is 11.8 Å². The van der Waals surface area contributed by atoms with Gasteiger partial charge in [-0.2, -0.15) is 23.5 Å². The van der Waals surface area contributed by atoms with Crippen LogP contribution in [0.25, 0.3) is 28.2 Å². The number of alkyl halides is 3. The Morgan fingerprint density at radius 1 is 1.25 bits per heavy atom. The number of rotatable bonds is 5. The molecule has 0 fully saturated rings. The minimum absolute atomic E-state index is 0.0638. The monoisotopic (exact) mass is 517 g/mol. The number of hydrogen-bond donors (Lipinski definition) is 0. The summed E-state index contributed by atoms with van der Waals surface area (Å²) in [5, 5.41) is 14.9. The van der Waals surface area contributed by atoms with E-state index in [2.05, 4.69) is 20.1 Å². The summed E-state index contributed by atoms with van der Waals surface area (Å²) in [5.74, 6) is -1.08. The van der Waals surface area contributed by atoms with Gasteiger partial charge >= 0.3 is 12.1 Å². The predicted octanol–water partition coefficient (Wildman–Crippen LogP) is 4.76. The molecule has 0 aromatic carbocycles. The van der Waals surface area contributed by atoms with Gasteiger partial charge in [-0.05, 0) is 38.7 Å². The Balaban J connectivity index is 1.94. The van der Waals surface area contributed by atoms with E-state index in [1.165, 1.54) is 28.5 Å². The van der Waals surface area contributed by atoms with E-state index in [-0.39, 0.29) is 16.9 Å². The first kappa shape index (κ1) is 25.4. The number of hydrogen-bond acceptors (Lipinski definition) is 8. The van der Waals surface area contributed by atoms with Gasteiger partial charge in [0, 0.05) is 19.4 Å². The molecule has 0 saturated carbocycles. The van der Waals surface area contributed by atoms with Crippen molar-refractivity contribution in [1.82, 2.24) is 29.1 Å². The van der Waals surface area contributed by atoms with Crippen molar-refractivity contribution >= 4 is 34.5 Å². The Bertz CT molecular complexity index is 1510. The highest BCUT2D eigenvalue weighted by atomic mass is 32.2. The Hall–Kier alpha value is -3.66. The second-order valence-electron chi connectivity index (χ2n) is 8.87. The van der Waals surface area contributed by atoms with Crippen LogP contribution in [0.15, 0.2) is 29.6 Å². The molecule has 0 bridgehead atoms. The molecule has 0 saturated heterocycles. The molecular weight excluding hydrogens is 495 g/mol. The fraction of sp³-hybridized carbons (Fsp3) is 0.391. The van der Waals surface area contributed by atoms with Crippen LogP contribution in [0.5, 0.6) is 0 Å². The van der Waals surface area contributed by atoms with Crippen LogP contribution in [-0.4, -0.2) is 46.5 Å². The number of pyridine rings is 1. The topological polar surface area (TPSA) is 111 Å². The van der Waals surface area contributed by atoms with E-state index >= 15 is 0 Å². The number of nitriles is 1. The number of fused-ring (bicyclic) bond motifs is 2. The third-order valence-corrected chi connectivity index (χ3v) is 5.97. The smallest absolute Gasteiger partial charge is 0.417 e. The van der Waals surface area contributed by atoms with Crippen molar-refractivity contribution in [3.8, 4) is 17.5 Å². The van der Waals surface area contributed by atoms with Crippen molar-refractivity contribution in [3.05, 3.63) is 35.8 Å². The van der Waals surface area contributed by atoms with Crippen LogP contribution in [0.4, 0.5) is 13.2 Å². The van der Waals surface area contributed by atoms with Crippen molar-refractivity contribution in [3.63, 3.8) is 0 Å². The summed E-state index contributed by atoms with van der Waals surface area (Å²) in [6.45, 7) is 7.02. The molecule has 0 amide bonds. The second-order valence-corrected chi connectivity index (χ2v) is 10.1. The number of ether oxygens (including phenoxy) is 1. The molecule has 0 spiro atoms. The van der Waals surface area contributed by atoms with Crippen LogP contribution in [-0.2, 0) is 22.8 Å². The zero-order valence-electron chi connectivity index (χ0n) is 20.1. The van der Waals surface area contributed by atoms with E-state index < -0.39 is 29.2 Å². The summed E-state index contributed by atoms with van der Waals surface area (Å²) in [4.78, 5) is 25.6. The third-order valence-electron chi connectivity index (χ3n) is 5.12. The van der Waals surface area contributed by atoms with E-state index in [1.54, 1.807) is 32.4 Å². The van der Waals surface area contributed by atoms with Crippen LogP contribution in [0.1, 0.15) is 44.9 Å². The molecule has 0 aliphatic carbocycles. The van der Waals surface area contributed by atoms with Crippen molar-refractivity contribution in [2.45, 2.75) is 50.4 Å². The minimum atomic E-state index is -4.56. The van der Waals surface area contributed by atoms with Crippen LogP contribution in [0.2, 0.25) is 0 Å². The molecule has 188 valence electrons. The summed E-state index contributed by atoms with van der Waals surface area (Å²) >= 11 is 1.37. The van der Waals surface area contributed by atoms with Crippen molar-refractivity contribution < 1.29 is 22.7 Å². The molecular formula is C23H22F3N7O2S. The highest BCUT2D eigenvalue weighted by molar-refractivity contribution is 7.99. The van der Waals surface area contributed by atoms with Gasteiger partial charge in [0.2, 0.25) is 0 Å². The SMILES string of the molecule is CCSc1nn2c(C(C#N)C(=O)OC(C)(C)C)ccnc2c1-c1nc2cc(C(F)(F)F)cnc2n1C. The molecule has 4 rings (SSSR count). The number of aryl methyl sites for hydroxylation is 1. The lowest BCUT2D eigenvalue weighted by Crippen LogP contribution is -2.28. The molecule has 9 nitrogen and oxygen atoms in total. The van der Waals surface area contributed by atoms with Gasteiger partial charge in [0.05, 0.1) is 22.9 Å². The first-order valence-electron chi connectivity index (χ1n) is 10.9. The number of carbonyl (C=O) groups is 1. The van der Waals surface area contributed by atoms with E-state index in [4.69, 9.17) is 4.74 Å². The fourth-order valence-corrected chi connectivity index (χ4v) is 4.39. The van der Waals surface area contributed by atoms with Crippen LogP contribution < -0.4 is 0 Å². The average Bonchev–Trinajstić information content (AvgIpc) is 3.30. The van der Waals surface area contributed by atoms with Gasteiger partial charge in [-0.25, -0.2) is 19.5 Å². The third kappa shape index (κ3) is 4.60. The molecule has 4 heterocycles. The van der Waals surface area contributed by atoms with E-state index in [0.717, 1.165) is 12.3 Å². The first-order chi connectivity index (χ1) is 16.9. The molecule has 4 aromatic rings. The summed E-state index contributed by atoms with van der Waals surface area (Å²) in [6, 6.07) is 4.43. The molecule has 0 radical (unpaired) electrons. The van der Waals surface area contributed by atoms with Gasteiger partial charge < -0.3 is 9.30 Å². The van der Waals surface area contributed by atoms with Gasteiger partial charge in [-0.3, -0.25) is 4.79 Å². The maximum atomic E-state index is 13.2. The zero-order valence-corrected chi connectivity index (χ0v) is 20.9. The van der Waals surface area contributed by atoms with Gasteiger partial charge in [-0.15, -0.1) is 11.8 Å². The van der Waals surface area contributed by atoms with Crippen molar-refractivity contribution in [2.24, 2.45) is 7.05 Å². The van der Waals surface area contributed by atoms with Crippen LogP contribution in [0.3, 0.4) is 0 Å². The summed E-state index contributed by atoms with van der Waals surface area (Å²) in [6.07, 6.45) is -2.36. The molecule has 1 unspecified atom stereocenters.